The monoisotopic (exact) mass is 294 g/mol. The Morgan fingerprint density at radius 3 is 2.62 bits per heavy atom. The number of hydrogen-bond donors (Lipinski definition) is 1. The van der Waals surface area contributed by atoms with Gasteiger partial charge in [0.15, 0.2) is 0 Å². The molecular formula is C19H38N2. The molecule has 1 saturated carbocycles. The fourth-order valence-corrected chi connectivity index (χ4v) is 4.63. The summed E-state index contributed by atoms with van der Waals surface area (Å²) in [6.07, 6.45) is 11.0. The molecule has 21 heavy (non-hydrogen) atoms. The van der Waals surface area contributed by atoms with Gasteiger partial charge < -0.3 is 10.6 Å². The summed E-state index contributed by atoms with van der Waals surface area (Å²) >= 11 is 0. The number of nitrogens with zero attached hydrogens (tertiary/aromatic N) is 1. The maximum atomic E-state index is 6.44. The first-order valence-electron chi connectivity index (χ1n) is 9.58. The Morgan fingerprint density at radius 2 is 1.90 bits per heavy atom. The highest BCUT2D eigenvalue weighted by Gasteiger charge is 2.30. The minimum Gasteiger partial charge on any atom is -0.327 e. The molecule has 2 heteroatoms. The van der Waals surface area contributed by atoms with Crippen LogP contribution in [0.15, 0.2) is 0 Å². The van der Waals surface area contributed by atoms with Crippen molar-refractivity contribution in [3.63, 3.8) is 0 Å². The fraction of sp³-hybridized carbons (Fsp3) is 1.00. The Hall–Kier alpha value is -0.0800. The van der Waals surface area contributed by atoms with Crippen LogP contribution in [-0.2, 0) is 0 Å². The van der Waals surface area contributed by atoms with Crippen molar-refractivity contribution in [2.75, 3.05) is 19.6 Å². The topological polar surface area (TPSA) is 29.3 Å². The van der Waals surface area contributed by atoms with E-state index in [2.05, 4.69) is 25.7 Å². The van der Waals surface area contributed by atoms with Gasteiger partial charge in [0.2, 0.25) is 0 Å². The smallest absolute Gasteiger partial charge is 0.00795 e. The van der Waals surface area contributed by atoms with Gasteiger partial charge in [-0.25, -0.2) is 0 Å². The third kappa shape index (κ3) is 5.25. The van der Waals surface area contributed by atoms with Gasteiger partial charge in [0.1, 0.15) is 0 Å². The summed E-state index contributed by atoms with van der Waals surface area (Å²) in [5.41, 5.74) is 6.44. The Balaban J connectivity index is 1.82. The Labute approximate surface area is 132 Å². The molecule has 2 nitrogen and oxygen atoms in total. The van der Waals surface area contributed by atoms with Crippen molar-refractivity contribution in [2.45, 2.75) is 78.2 Å². The van der Waals surface area contributed by atoms with Crippen molar-refractivity contribution in [2.24, 2.45) is 29.4 Å². The average Bonchev–Trinajstić information content (AvgIpc) is 2.68. The highest BCUT2D eigenvalue weighted by molar-refractivity contribution is 4.85. The Bertz CT molecular complexity index is 289. The third-order valence-electron chi connectivity index (χ3n) is 6.15. The second-order valence-corrected chi connectivity index (χ2v) is 8.13. The third-order valence-corrected chi connectivity index (χ3v) is 6.15. The molecule has 1 saturated heterocycles. The summed E-state index contributed by atoms with van der Waals surface area (Å²) in [6, 6.07) is 0.460. The van der Waals surface area contributed by atoms with E-state index < -0.39 is 0 Å². The summed E-state index contributed by atoms with van der Waals surface area (Å²) in [5.74, 6) is 3.51. The van der Waals surface area contributed by atoms with Crippen molar-refractivity contribution in [3.05, 3.63) is 0 Å². The lowest BCUT2D eigenvalue weighted by atomic mass is 9.76. The molecule has 4 unspecified atom stereocenters. The summed E-state index contributed by atoms with van der Waals surface area (Å²) in [4.78, 5) is 2.74. The molecule has 0 bridgehead atoms. The zero-order valence-corrected chi connectivity index (χ0v) is 14.7. The molecule has 4 atom stereocenters. The van der Waals surface area contributed by atoms with E-state index in [4.69, 9.17) is 5.73 Å². The van der Waals surface area contributed by atoms with Crippen LogP contribution in [0.2, 0.25) is 0 Å². The fourth-order valence-electron chi connectivity index (χ4n) is 4.63. The van der Waals surface area contributed by atoms with Crippen LogP contribution in [0.1, 0.15) is 72.1 Å². The van der Waals surface area contributed by atoms with E-state index in [1.807, 2.05) is 0 Å². The summed E-state index contributed by atoms with van der Waals surface area (Å²) in [5, 5.41) is 0. The van der Waals surface area contributed by atoms with Crippen molar-refractivity contribution >= 4 is 0 Å². The summed E-state index contributed by atoms with van der Waals surface area (Å²) < 4.78 is 0. The normalized spacial score (nSPS) is 35.9. The van der Waals surface area contributed by atoms with E-state index in [1.54, 1.807) is 0 Å². The number of hydrogen-bond acceptors (Lipinski definition) is 2. The van der Waals surface area contributed by atoms with Gasteiger partial charge in [-0.2, -0.15) is 0 Å². The van der Waals surface area contributed by atoms with Crippen LogP contribution in [0, 0.1) is 23.7 Å². The van der Waals surface area contributed by atoms with Crippen molar-refractivity contribution in [1.82, 2.24) is 4.90 Å². The molecule has 0 aromatic carbocycles. The molecule has 0 aromatic heterocycles. The zero-order chi connectivity index (χ0) is 15.2. The van der Waals surface area contributed by atoms with E-state index in [9.17, 15) is 0 Å². The average molecular weight is 295 g/mol. The molecule has 0 radical (unpaired) electrons. The second-order valence-electron chi connectivity index (χ2n) is 8.13. The second kappa shape index (κ2) is 8.53. The first-order chi connectivity index (χ1) is 10.1. The predicted molar refractivity (Wildman–Crippen MR) is 92.3 cm³/mol. The van der Waals surface area contributed by atoms with E-state index in [0.717, 1.165) is 23.7 Å². The Kier molecular flexibility index (Phi) is 7.01. The van der Waals surface area contributed by atoms with E-state index >= 15 is 0 Å². The first-order valence-corrected chi connectivity index (χ1v) is 9.58. The Morgan fingerprint density at radius 1 is 1.10 bits per heavy atom. The van der Waals surface area contributed by atoms with Gasteiger partial charge in [0.25, 0.3) is 0 Å². The molecule has 1 heterocycles. The minimum absolute atomic E-state index is 0.460. The number of likely N-dealkylation sites (tertiary alicyclic amines) is 1. The van der Waals surface area contributed by atoms with Crippen LogP contribution < -0.4 is 5.73 Å². The van der Waals surface area contributed by atoms with Gasteiger partial charge in [-0.1, -0.05) is 33.6 Å². The molecule has 1 aliphatic heterocycles. The molecule has 2 N–H and O–H groups in total. The van der Waals surface area contributed by atoms with Gasteiger partial charge in [0, 0.05) is 12.6 Å². The standard InChI is InChI=1S/C19H38N2/c1-4-6-16-8-9-19(20)18(13-16)14-21-11-5-7-17(10-12-21)15(2)3/h15-19H,4-14,20H2,1-3H3. The minimum atomic E-state index is 0.460. The lowest BCUT2D eigenvalue weighted by molar-refractivity contribution is 0.153. The number of rotatable bonds is 5. The summed E-state index contributed by atoms with van der Waals surface area (Å²) in [7, 11) is 0. The van der Waals surface area contributed by atoms with Crippen molar-refractivity contribution in [3.8, 4) is 0 Å². The van der Waals surface area contributed by atoms with E-state index in [0.29, 0.717) is 6.04 Å². The molecule has 1 aliphatic carbocycles. The molecule has 0 amide bonds. The lowest BCUT2D eigenvalue weighted by Gasteiger charge is -2.37. The SMILES string of the molecule is CCCC1CCC(N)C(CN2CCCC(C(C)C)CC2)C1. The largest absolute Gasteiger partial charge is 0.327 e. The quantitative estimate of drug-likeness (QED) is 0.819. The van der Waals surface area contributed by atoms with E-state index in [1.165, 1.54) is 71.0 Å². The van der Waals surface area contributed by atoms with Crippen LogP contribution >= 0.6 is 0 Å². The van der Waals surface area contributed by atoms with E-state index in [-0.39, 0.29) is 0 Å². The molecule has 0 spiro atoms. The predicted octanol–water partition coefficient (Wildman–Crippen LogP) is 4.29. The summed E-state index contributed by atoms with van der Waals surface area (Å²) in [6.45, 7) is 11.0. The van der Waals surface area contributed by atoms with Gasteiger partial charge in [0.05, 0.1) is 0 Å². The zero-order valence-electron chi connectivity index (χ0n) is 14.7. The lowest BCUT2D eigenvalue weighted by Crippen LogP contribution is -2.43. The molecule has 2 aliphatic rings. The van der Waals surface area contributed by atoms with Crippen LogP contribution in [0.25, 0.3) is 0 Å². The van der Waals surface area contributed by atoms with Crippen molar-refractivity contribution in [1.29, 1.82) is 0 Å². The highest BCUT2D eigenvalue weighted by atomic mass is 15.1. The van der Waals surface area contributed by atoms with Crippen LogP contribution in [0.3, 0.4) is 0 Å². The highest BCUT2D eigenvalue weighted by Crippen LogP contribution is 2.33. The maximum Gasteiger partial charge on any atom is 0.00795 e. The maximum absolute atomic E-state index is 6.44. The molecule has 2 fully saturated rings. The molecule has 124 valence electrons. The molecule has 0 aromatic rings. The van der Waals surface area contributed by atoms with Gasteiger partial charge in [-0.3, -0.25) is 0 Å². The van der Waals surface area contributed by atoms with Crippen LogP contribution in [0.5, 0.6) is 0 Å². The van der Waals surface area contributed by atoms with Crippen LogP contribution in [0.4, 0.5) is 0 Å². The van der Waals surface area contributed by atoms with Crippen molar-refractivity contribution < 1.29 is 0 Å². The first kappa shape index (κ1) is 17.3. The van der Waals surface area contributed by atoms with Gasteiger partial charge in [-0.05, 0) is 75.3 Å². The van der Waals surface area contributed by atoms with Crippen LogP contribution in [-0.4, -0.2) is 30.6 Å². The number of nitrogens with two attached hydrogens (primary N) is 1. The van der Waals surface area contributed by atoms with Gasteiger partial charge in [-0.15, -0.1) is 0 Å². The molecule has 2 rings (SSSR count). The molecular weight excluding hydrogens is 256 g/mol. The van der Waals surface area contributed by atoms with Gasteiger partial charge >= 0.3 is 0 Å².